The van der Waals surface area contributed by atoms with Gasteiger partial charge in [-0.2, -0.15) is 8.42 Å². The summed E-state index contributed by atoms with van der Waals surface area (Å²) in [6.45, 7) is 7.37. The van der Waals surface area contributed by atoms with Gasteiger partial charge in [0.1, 0.15) is 12.2 Å². The summed E-state index contributed by atoms with van der Waals surface area (Å²) in [5.41, 5.74) is -1.45. The molecule has 11 heteroatoms. The largest absolute Gasteiger partial charge is 0.479 e. The molecule has 0 aliphatic carbocycles. The predicted molar refractivity (Wildman–Crippen MR) is 120 cm³/mol. The third-order valence-electron chi connectivity index (χ3n) is 5.08. The number of aliphatic hydroxyl groups excluding tert-OH is 1. The number of aliphatic carboxylic acids is 1. The molecule has 0 heterocycles. The molecular formula is C22H33NO9S. The van der Waals surface area contributed by atoms with E-state index in [4.69, 9.17) is 8.92 Å². The number of nitrogens with one attached hydrogen (secondary N) is 1. The van der Waals surface area contributed by atoms with E-state index in [1.54, 1.807) is 32.0 Å². The standard InChI is InChI=1S/C22H33NO9S/c1-14(2)17(31-21(28)16-10-7-6-8-11-16)19(22(4,5)18(25)20(26)27)32-33(29,30)13-9-12-23-15(3)24/h6-8,10-11,14,17-19,25H,9,12-13H2,1-5H3,(H,23,24)(H,26,27)/t17?,18-,19?/m0/s1. The zero-order valence-electron chi connectivity index (χ0n) is 19.5. The van der Waals surface area contributed by atoms with E-state index in [1.807, 2.05) is 0 Å². The normalized spacial score (nSPS) is 14.9. The van der Waals surface area contributed by atoms with Gasteiger partial charge in [-0.05, 0) is 24.5 Å². The van der Waals surface area contributed by atoms with Crippen LogP contribution in [0, 0.1) is 11.3 Å². The van der Waals surface area contributed by atoms with Crippen molar-refractivity contribution in [3.05, 3.63) is 35.9 Å². The lowest BCUT2D eigenvalue weighted by Crippen LogP contribution is -2.54. The Bertz CT molecular complexity index is 913. The Labute approximate surface area is 194 Å². The van der Waals surface area contributed by atoms with Gasteiger partial charge in [-0.25, -0.2) is 9.59 Å². The Morgan fingerprint density at radius 1 is 1.12 bits per heavy atom. The lowest BCUT2D eigenvalue weighted by Gasteiger charge is -2.40. The number of esters is 1. The summed E-state index contributed by atoms with van der Waals surface area (Å²) in [6, 6.07) is 8.01. The van der Waals surface area contributed by atoms with E-state index in [-0.39, 0.29) is 24.4 Å². The zero-order chi connectivity index (χ0) is 25.4. The first-order valence-electron chi connectivity index (χ1n) is 10.5. The summed E-state index contributed by atoms with van der Waals surface area (Å²) in [5, 5.41) is 22.2. The second-order valence-corrected chi connectivity index (χ2v) is 10.4. The molecule has 1 aromatic rings. The Balaban J connectivity index is 3.26. The minimum Gasteiger partial charge on any atom is -0.479 e. The maximum Gasteiger partial charge on any atom is 0.338 e. The fourth-order valence-electron chi connectivity index (χ4n) is 3.11. The van der Waals surface area contributed by atoms with Crippen molar-refractivity contribution >= 4 is 28.0 Å². The molecule has 3 N–H and O–H groups in total. The summed E-state index contributed by atoms with van der Waals surface area (Å²) in [6.07, 6.45) is -4.67. The van der Waals surface area contributed by atoms with Crippen LogP contribution in [-0.2, 0) is 28.6 Å². The molecule has 0 saturated carbocycles. The first kappa shape index (κ1) is 28.5. The van der Waals surface area contributed by atoms with Gasteiger partial charge in [0.15, 0.2) is 6.10 Å². The highest BCUT2D eigenvalue weighted by molar-refractivity contribution is 7.86. The van der Waals surface area contributed by atoms with Gasteiger partial charge >= 0.3 is 11.9 Å². The molecule has 3 atom stereocenters. The topological polar surface area (TPSA) is 156 Å². The zero-order valence-corrected chi connectivity index (χ0v) is 20.3. The van der Waals surface area contributed by atoms with Gasteiger partial charge < -0.3 is 20.3 Å². The number of carbonyl (C=O) groups excluding carboxylic acids is 2. The van der Waals surface area contributed by atoms with Crippen LogP contribution in [0.5, 0.6) is 0 Å². The molecule has 0 aromatic heterocycles. The average molecular weight is 488 g/mol. The molecule has 0 aliphatic heterocycles. The molecule has 1 aromatic carbocycles. The van der Waals surface area contributed by atoms with Crippen LogP contribution < -0.4 is 5.32 Å². The molecule has 0 spiro atoms. The van der Waals surface area contributed by atoms with E-state index in [2.05, 4.69) is 5.32 Å². The van der Waals surface area contributed by atoms with Crippen LogP contribution >= 0.6 is 0 Å². The van der Waals surface area contributed by atoms with Gasteiger partial charge in [0, 0.05) is 18.9 Å². The number of carbonyl (C=O) groups is 3. The fraction of sp³-hybridized carbons (Fsp3) is 0.591. The smallest absolute Gasteiger partial charge is 0.338 e. The Morgan fingerprint density at radius 2 is 1.70 bits per heavy atom. The first-order valence-corrected chi connectivity index (χ1v) is 12.1. The number of aliphatic hydroxyl groups is 1. The minimum absolute atomic E-state index is 0.0483. The maximum absolute atomic E-state index is 12.7. The molecule has 0 saturated heterocycles. The third kappa shape index (κ3) is 8.75. The van der Waals surface area contributed by atoms with Crippen LogP contribution in [0.25, 0.3) is 0 Å². The van der Waals surface area contributed by atoms with E-state index >= 15 is 0 Å². The Hall–Kier alpha value is -2.50. The van der Waals surface area contributed by atoms with Crippen LogP contribution in [0.2, 0.25) is 0 Å². The molecule has 186 valence electrons. The molecule has 1 rings (SSSR count). The van der Waals surface area contributed by atoms with Crippen molar-refractivity contribution in [1.82, 2.24) is 5.32 Å². The van der Waals surface area contributed by atoms with E-state index < -0.39 is 57.5 Å². The monoisotopic (exact) mass is 487 g/mol. The number of benzene rings is 1. The number of amides is 1. The van der Waals surface area contributed by atoms with Crippen LogP contribution in [0.4, 0.5) is 0 Å². The quantitative estimate of drug-likeness (QED) is 0.213. The van der Waals surface area contributed by atoms with Crippen LogP contribution in [0.3, 0.4) is 0 Å². The van der Waals surface area contributed by atoms with E-state index in [9.17, 15) is 33.0 Å². The number of carboxylic acid groups (broad SMARTS) is 1. The molecule has 0 radical (unpaired) electrons. The first-order chi connectivity index (χ1) is 15.2. The molecular weight excluding hydrogens is 454 g/mol. The van der Waals surface area contributed by atoms with Gasteiger partial charge in [-0.1, -0.05) is 45.9 Å². The highest BCUT2D eigenvalue weighted by atomic mass is 32.2. The second-order valence-electron chi connectivity index (χ2n) is 8.66. The highest BCUT2D eigenvalue weighted by Gasteiger charge is 2.49. The number of ether oxygens (including phenoxy) is 1. The lowest BCUT2D eigenvalue weighted by molar-refractivity contribution is -0.163. The van der Waals surface area contributed by atoms with E-state index in [0.29, 0.717) is 0 Å². The van der Waals surface area contributed by atoms with Gasteiger partial charge in [-0.3, -0.25) is 8.98 Å². The van der Waals surface area contributed by atoms with Gasteiger partial charge in [0.25, 0.3) is 10.1 Å². The number of hydrogen-bond donors (Lipinski definition) is 3. The van der Waals surface area contributed by atoms with Crippen LogP contribution in [-0.4, -0.2) is 67.1 Å². The second kappa shape index (κ2) is 12.1. The fourth-order valence-corrected chi connectivity index (χ4v) is 4.38. The van der Waals surface area contributed by atoms with Gasteiger partial charge in [-0.15, -0.1) is 0 Å². The highest BCUT2D eigenvalue weighted by Crippen LogP contribution is 2.35. The third-order valence-corrected chi connectivity index (χ3v) is 6.36. The van der Waals surface area contributed by atoms with Crippen LogP contribution in [0.15, 0.2) is 30.3 Å². The SMILES string of the molecule is CC(=O)NCCCS(=O)(=O)OC(C(OC(=O)c1ccccc1)C(C)C)C(C)(C)[C@@H](O)C(=O)O. The van der Waals surface area contributed by atoms with Crippen molar-refractivity contribution < 1.29 is 41.9 Å². The van der Waals surface area contributed by atoms with Crippen molar-refractivity contribution in [3.63, 3.8) is 0 Å². The van der Waals surface area contributed by atoms with E-state index in [0.717, 1.165) is 0 Å². The Morgan fingerprint density at radius 3 is 2.18 bits per heavy atom. The summed E-state index contributed by atoms with van der Waals surface area (Å²) >= 11 is 0. The molecule has 0 aliphatic rings. The summed E-state index contributed by atoms with van der Waals surface area (Å²) in [7, 11) is -4.25. The Kier molecular flexibility index (Phi) is 10.5. The van der Waals surface area contributed by atoms with Crippen molar-refractivity contribution in [2.75, 3.05) is 12.3 Å². The molecule has 1 amide bonds. The van der Waals surface area contributed by atoms with Crippen LogP contribution in [0.1, 0.15) is 51.4 Å². The van der Waals surface area contributed by atoms with Gasteiger partial charge in [0.05, 0.1) is 11.3 Å². The van der Waals surface area contributed by atoms with Crippen molar-refractivity contribution in [1.29, 1.82) is 0 Å². The lowest BCUT2D eigenvalue weighted by atomic mass is 9.76. The summed E-state index contributed by atoms with van der Waals surface area (Å²) in [5.74, 6) is -3.59. The maximum atomic E-state index is 12.7. The molecule has 0 fully saturated rings. The van der Waals surface area contributed by atoms with Crippen molar-refractivity contribution in [3.8, 4) is 0 Å². The molecule has 10 nitrogen and oxygen atoms in total. The molecule has 2 unspecified atom stereocenters. The van der Waals surface area contributed by atoms with Gasteiger partial charge in [0.2, 0.25) is 5.91 Å². The average Bonchev–Trinajstić information content (AvgIpc) is 2.73. The summed E-state index contributed by atoms with van der Waals surface area (Å²) in [4.78, 5) is 35.2. The summed E-state index contributed by atoms with van der Waals surface area (Å²) < 4.78 is 36.4. The van der Waals surface area contributed by atoms with E-state index in [1.165, 1.54) is 32.9 Å². The minimum atomic E-state index is -4.25. The number of hydrogen-bond acceptors (Lipinski definition) is 8. The molecule has 33 heavy (non-hydrogen) atoms. The van der Waals surface area contributed by atoms with Crippen molar-refractivity contribution in [2.24, 2.45) is 11.3 Å². The number of carboxylic acids is 1. The van der Waals surface area contributed by atoms with Crippen molar-refractivity contribution in [2.45, 2.75) is 59.4 Å². The predicted octanol–water partition coefficient (Wildman–Crippen LogP) is 1.58. The number of rotatable bonds is 13. The molecule has 0 bridgehead atoms.